The molecular formula is C14H14O2. The van der Waals surface area contributed by atoms with Crippen LogP contribution in [0.3, 0.4) is 0 Å². The van der Waals surface area contributed by atoms with Gasteiger partial charge in [-0.05, 0) is 29.7 Å². The Bertz CT molecular complexity index is 486. The minimum atomic E-state index is 0.377. The predicted molar refractivity (Wildman–Crippen MR) is 62.6 cm³/mol. The summed E-state index contributed by atoms with van der Waals surface area (Å²) in [5, 5.41) is 0. The summed E-state index contributed by atoms with van der Waals surface area (Å²) in [5.74, 6) is 1.75. The third-order valence-electron chi connectivity index (χ3n) is 3.57. The lowest BCUT2D eigenvalue weighted by Gasteiger charge is -2.21. The van der Waals surface area contributed by atoms with Gasteiger partial charge in [-0.25, -0.2) is 0 Å². The highest BCUT2D eigenvalue weighted by atomic mass is 16.5. The average molecular weight is 214 g/mol. The van der Waals surface area contributed by atoms with Crippen LogP contribution in [0, 0.1) is 0 Å². The number of carbonyl (C=O) groups is 1. The zero-order chi connectivity index (χ0) is 11.1. The molecule has 16 heavy (non-hydrogen) atoms. The van der Waals surface area contributed by atoms with Crippen molar-refractivity contribution in [1.82, 2.24) is 0 Å². The van der Waals surface area contributed by atoms with Gasteiger partial charge >= 0.3 is 0 Å². The van der Waals surface area contributed by atoms with Crippen LogP contribution in [0.2, 0.25) is 0 Å². The van der Waals surface area contributed by atoms with E-state index in [1.54, 1.807) is 7.11 Å². The number of allylic oxidation sites excluding steroid dienone is 1. The number of ether oxygens (including phenoxy) is 1. The number of hydrogen-bond acceptors (Lipinski definition) is 2. The quantitative estimate of drug-likeness (QED) is 0.718. The van der Waals surface area contributed by atoms with E-state index in [-0.39, 0.29) is 0 Å². The molecule has 0 heterocycles. The van der Waals surface area contributed by atoms with Gasteiger partial charge in [0.2, 0.25) is 0 Å². The summed E-state index contributed by atoms with van der Waals surface area (Å²) in [7, 11) is 1.69. The number of hydrogen-bond donors (Lipinski definition) is 0. The number of methoxy groups -OCH3 is 1. The molecule has 1 fully saturated rings. The van der Waals surface area contributed by atoms with Gasteiger partial charge in [-0.3, -0.25) is 4.79 Å². The first kappa shape index (κ1) is 9.64. The second-order valence-corrected chi connectivity index (χ2v) is 4.52. The fourth-order valence-corrected chi connectivity index (χ4v) is 2.75. The number of rotatable bonds is 1. The Morgan fingerprint density at radius 3 is 3.06 bits per heavy atom. The van der Waals surface area contributed by atoms with Crippen molar-refractivity contribution >= 4 is 11.9 Å². The molecule has 82 valence electrons. The summed E-state index contributed by atoms with van der Waals surface area (Å²) in [6.07, 6.45) is 4.50. The van der Waals surface area contributed by atoms with Gasteiger partial charge in [-0.2, -0.15) is 0 Å². The molecule has 1 unspecified atom stereocenters. The van der Waals surface area contributed by atoms with Crippen LogP contribution in [0.5, 0.6) is 5.75 Å². The monoisotopic (exact) mass is 214 g/mol. The van der Waals surface area contributed by atoms with Gasteiger partial charge in [0.25, 0.3) is 0 Å². The third-order valence-corrected chi connectivity index (χ3v) is 3.57. The molecule has 0 N–H and O–H groups in total. The van der Waals surface area contributed by atoms with Crippen molar-refractivity contribution in [2.45, 2.75) is 25.2 Å². The summed E-state index contributed by atoms with van der Waals surface area (Å²) >= 11 is 0. The first-order valence-corrected chi connectivity index (χ1v) is 5.68. The fourth-order valence-electron chi connectivity index (χ4n) is 2.75. The number of Topliss-reactive ketones (excluding diaryl/α,β-unsaturated/α-hetero) is 1. The smallest absolute Gasteiger partial charge is 0.136 e. The normalized spacial score (nSPS) is 22.4. The number of ketones is 1. The standard InChI is InChI=1S/C14H14O2/c1-16-12-4-2-9-6-10-7-11(15)3-5-13(10)14(9)8-12/h2,4,6,8,13H,3,5,7H2,1H3. The maximum atomic E-state index is 11.4. The van der Waals surface area contributed by atoms with Crippen LogP contribution in [0.1, 0.15) is 36.3 Å². The van der Waals surface area contributed by atoms with Gasteiger partial charge in [0.05, 0.1) is 7.11 Å². The second kappa shape index (κ2) is 3.48. The van der Waals surface area contributed by atoms with Crippen molar-refractivity contribution in [1.29, 1.82) is 0 Å². The van der Waals surface area contributed by atoms with Crippen LogP contribution < -0.4 is 4.74 Å². The number of benzene rings is 1. The van der Waals surface area contributed by atoms with E-state index in [1.807, 2.05) is 6.07 Å². The van der Waals surface area contributed by atoms with E-state index in [0.29, 0.717) is 18.1 Å². The zero-order valence-corrected chi connectivity index (χ0v) is 9.32. The van der Waals surface area contributed by atoms with Crippen molar-refractivity contribution in [2.75, 3.05) is 7.11 Å². The molecule has 1 aromatic rings. The van der Waals surface area contributed by atoms with Crippen molar-refractivity contribution in [2.24, 2.45) is 0 Å². The highest BCUT2D eigenvalue weighted by Gasteiger charge is 2.30. The molecular weight excluding hydrogens is 200 g/mol. The zero-order valence-electron chi connectivity index (χ0n) is 9.32. The summed E-state index contributed by atoms with van der Waals surface area (Å²) in [4.78, 5) is 11.4. The lowest BCUT2D eigenvalue weighted by molar-refractivity contribution is -0.119. The predicted octanol–water partition coefficient (Wildman–Crippen LogP) is 2.93. The summed E-state index contributed by atoms with van der Waals surface area (Å²) < 4.78 is 5.25. The number of carbonyl (C=O) groups excluding carboxylic acids is 1. The van der Waals surface area contributed by atoms with E-state index in [4.69, 9.17) is 4.74 Å². The minimum absolute atomic E-state index is 0.377. The van der Waals surface area contributed by atoms with Crippen molar-refractivity contribution in [3.63, 3.8) is 0 Å². The molecule has 1 aromatic carbocycles. The molecule has 3 rings (SSSR count). The maximum absolute atomic E-state index is 11.4. The van der Waals surface area contributed by atoms with Crippen molar-refractivity contribution in [3.8, 4) is 5.75 Å². The topological polar surface area (TPSA) is 26.3 Å². The minimum Gasteiger partial charge on any atom is -0.497 e. The van der Waals surface area contributed by atoms with Crippen molar-refractivity contribution in [3.05, 3.63) is 34.9 Å². The van der Waals surface area contributed by atoms with Crippen molar-refractivity contribution < 1.29 is 9.53 Å². The second-order valence-electron chi connectivity index (χ2n) is 4.52. The van der Waals surface area contributed by atoms with E-state index in [2.05, 4.69) is 18.2 Å². The molecule has 1 saturated carbocycles. The van der Waals surface area contributed by atoms with E-state index < -0.39 is 0 Å². The van der Waals surface area contributed by atoms with Gasteiger partial charge in [0.1, 0.15) is 11.5 Å². The summed E-state index contributed by atoms with van der Waals surface area (Å²) in [5.41, 5.74) is 3.89. The lowest BCUT2D eigenvalue weighted by Crippen LogP contribution is -2.13. The van der Waals surface area contributed by atoms with E-state index in [0.717, 1.165) is 18.6 Å². The Morgan fingerprint density at radius 2 is 2.25 bits per heavy atom. The molecule has 0 bridgehead atoms. The van der Waals surface area contributed by atoms with E-state index in [9.17, 15) is 4.79 Å². The first-order chi connectivity index (χ1) is 7.78. The fraction of sp³-hybridized carbons (Fsp3) is 0.357. The third kappa shape index (κ3) is 1.37. The molecule has 0 aliphatic heterocycles. The molecule has 2 aliphatic rings. The van der Waals surface area contributed by atoms with Gasteiger partial charge in [-0.1, -0.05) is 17.7 Å². The molecule has 0 radical (unpaired) electrons. The van der Waals surface area contributed by atoms with Crippen LogP contribution >= 0.6 is 0 Å². The SMILES string of the molecule is COc1ccc2c(c1)C1CCC(=O)CC1=C2. The van der Waals surface area contributed by atoms with E-state index >= 15 is 0 Å². The largest absolute Gasteiger partial charge is 0.497 e. The Kier molecular flexibility index (Phi) is 2.10. The summed E-state index contributed by atoms with van der Waals surface area (Å²) in [6, 6.07) is 6.18. The Labute approximate surface area is 94.9 Å². The summed E-state index contributed by atoms with van der Waals surface area (Å²) in [6.45, 7) is 0. The van der Waals surface area contributed by atoms with Gasteiger partial charge in [0.15, 0.2) is 0 Å². The highest BCUT2D eigenvalue weighted by Crippen LogP contribution is 2.44. The molecule has 2 nitrogen and oxygen atoms in total. The Morgan fingerprint density at radius 1 is 1.38 bits per heavy atom. The van der Waals surface area contributed by atoms with Crippen LogP contribution in [0.4, 0.5) is 0 Å². The molecule has 0 aromatic heterocycles. The molecule has 0 amide bonds. The molecule has 2 aliphatic carbocycles. The molecule has 2 heteroatoms. The van der Waals surface area contributed by atoms with Crippen LogP contribution in [0.15, 0.2) is 23.8 Å². The van der Waals surface area contributed by atoms with E-state index in [1.165, 1.54) is 16.7 Å². The molecule has 0 saturated heterocycles. The van der Waals surface area contributed by atoms with Gasteiger partial charge < -0.3 is 4.74 Å². The number of fused-ring (bicyclic) bond motifs is 3. The van der Waals surface area contributed by atoms with Gasteiger partial charge in [0, 0.05) is 18.8 Å². The Balaban J connectivity index is 2.02. The molecule has 0 spiro atoms. The lowest BCUT2D eigenvalue weighted by atomic mass is 9.83. The Hall–Kier alpha value is -1.57. The van der Waals surface area contributed by atoms with Crippen LogP contribution in [-0.2, 0) is 4.79 Å². The first-order valence-electron chi connectivity index (χ1n) is 5.68. The molecule has 1 atom stereocenters. The highest BCUT2D eigenvalue weighted by molar-refractivity contribution is 5.86. The maximum Gasteiger partial charge on any atom is 0.136 e. The average Bonchev–Trinajstić information content (AvgIpc) is 2.65. The van der Waals surface area contributed by atoms with Crippen LogP contribution in [-0.4, -0.2) is 12.9 Å². The van der Waals surface area contributed by atoms with Crippen LogP contribution in [0.25, 0.3) is 6.08 Å². The van der Waals surface area contributed by atoms with Gasteiger partial charge in [-0.15, -0.1) is 0 Å².